The standard InChI is InChI=1S/C8H16N2O2/c1-5(2)8(11)10-7-4-12-3-6(7)9/h5-7H,3-4,9H2,1-2H3,(H,10,11). The minimum atomic E-state index is -0.0484. The molecule has 0 aromatic rings. The first-order chi connectivity index (χ1) is 5.61. The normalized spacial score (nSPS) is 29.3. The predicted octanol–water partition coefficient (Wildman–Crippen LogP) is -0.515. The molecule has 0 bridgehead atoms. The molecule has 0 aliphatic carbocycles. The summed E-state index contributed by atoms with van der Waals surface area (Å²) in [6, 6.07) is -0.0485. The number of rotatable bonds is 2. The molecule has 2 unspecified atom stereocenters. The van der Waals surface area contributed by atoms with E-state index in [1.54, 1.807) is 0 Å². The van der Waals surface area contributed by atoms with Crippen LogP contribution in [0.25, 0.3) is 0 Å². The lowest BCUT2D eigenvalue weighted by atomic mass is 10.1. The van der Waals surface area contributed by atoms with Crippen LogP contribution in [0.1, 0.15) is 13.8 Å². The summed E-state index contributed by atoms with van der Waals surface area (Å²) in [6.45, 7) is 4.80. The van der Waals surface area contributed by atoms with Crippen LogP contribution in [0.15, 0.2) is 0 Å². The molecular weight excluding hydrogens is 156 g/mol. The van der Waals surface area contributed by atoms with Gasteiger partial charge in [0, 0.05) is 5.92 Å². The van der Waals surface area contributed by atoms with Crippen LogP contribution in [0.4, 0.5) is 0 Å². The Morgan fingerprint density at radius 1 is 1.58 bits per heavy atom. The minimum absolute atomic E-state index is 0.0000926. The van der Waals surface area contributed by atoms with Crippen molar-refractivity contribution in [2.75, 3.05) is 13.2 Å². The molecule has 0 aromatic carbocycles. The molecule has 2 atom stereocenters. The molecule has 0 radical (unpaired) electrons. The number of hydrogen-bond acceptors (Lipinski definition) is 3. The minimum Gasteiger partial charge on any atom is -0.378 e. The lowest BCUT2D eigenvalue weighted by Crippen LogP contribution is -2.47. The summed E-state index contributed by atoms with van der Waals surface area (Å²) < 4.78 is 5.11. The van der Waals surface area contributed by atoms with Crippen LogP contribution >= 0.6 is 0 Å². The van der Waals surface area contributed by atoms with Crippen molar-refractivity contribution in [3.63, 3.8) is 0 Å². The summed E-state index contributed by atoms with van der Waals surface area (Å²) in [5, 5.41) is 2.84. The average Bonchev–Trinajstić information content (AvgIpc) is 2.36. The van der Waals surface area contributed by atoms with Crippen LogP contribution in [-0.4, -0.2) is 31.2 Å². The van der Waals surface area contributed by atoms with E-state index >= 15 is 0 Å². The zero-order chi connectivity index (χ0) is 9.14. The van der Waals surface area contributed by atoms with Crippen molar-refractivity contribution in [1.29, 1.82) is 0 Å². The largest absolute Gasteiger partial charge is 0.378 e. The Hall–Kier alpha value is -0.610. The fourth-order valence-corrected chi connectivity index (χ4v) is 1.07. The van der Waals surface area contributed by atoms with Gasteiger partial charge in [0.05, 0.1) is 25.3 Å². The smallest absolute Gasteiger partial charge is 0.222 e. The lowest BCUT2D eigenvalue weighted by molar-refractivity contribution is -0.124. The summed E-state index contributed by atoms with van der Waals surface area (Å²) >= 11 is 0. The Morgan fingerprint density at radius 2 is 2.25 bits per heavy atom. The van der Waals surface area contributed by atoms with Gasteiger partial charge < -0.3 is 15.8 Å². The van der Waals surface area contributed by atoms with E-state index in [-0.39, 0.29) is 23.9 Å². The third-order valence-corrected chi connectivity index (χ3v) is 1.98. The second-order valence-electron chi connectivity index (χ2n) is 3.47. The van der Waals surface area contributed by atoms with E-state index < -0.39 is 0 Å². The quantitative estimate of drug-likeness (QED) is 0.589. The van der Waals surface area contributed by atoms with Gasteiger partial charge in [-0.1, -0.05) is 13.8 Å². The Balaban J connectivity index is 2.35. The summed E-state index contributed by atoms with van der Waals surface area (Å²) in [6.07, 6.45) is 0. The monoisotopic (exact) mass is 172 g/mol. The number of carbonyl (C=O) groups is 1. The third-order valence-electron chi connectivity index (χ3n) is 1.98. The van der Waals surface area contributed by atoms with Crippen LogP contribution in [0.2, 0.25) is 0 Å². The highest BCUT2D eigenvalue weighted by Gasteiger charge is 2.26. The fourth-order valence-electron chi connectivity index (χ4n) is 1.07. The van der Waals surface area contributed by atoms with Crippen molar-refractivity contribution in [3.05, 3.63) is 0 Å². The van der Waals surface area contributed by atoms with Crippen molar-refractivity contribution in [1.82, 2.24) is 5.32 Å². The lowest BCUT2D eigenvalue weighted by Gasteiger charge is -2.16. The van der Waals surface area contributed by atoms with Gasteiger partial charge in [-0.2, -0.15) is 0 Å². The molecule has 1 aliphatic rings. The molecular formula is C8H16N2O2. The molecule has 4 nitrogen and oxygen atoms in total. The molecule has 1 saturated heterocycles. The molecule has 1 amide bonds. The summed E-state index contributed by atoms with van der Waals surface area (Å²) in [4.78, 5) is 11.2. The number of ether oxygens (including phenoxy) is 1. The maximum Gasteiger partial charge on any atom is 0.222 e. The highest BCUT2D eigenvalue weighted by molar-refractivity contribution is 5.78. The van der Waals surface area contributed by atoms with E-state index in [2.05, 4.69) is 5.32 Å². The van der Waals surface area contributed by atoms with Gasteiger partial charge in [0.15, 0.2) is 0 Å². The van der Waals surface area contributed by atoms with E-state index in [4.69, 9.17) is 10.5 Å². The van der Waals surface area contributed by atoms with E-state index in [1.807, 2.05) is 13.8 Å². The molecule has 70 valence electrons. The van der Waals surface area contributed by atoms with Gasteiger partial charge >= 0.3 is 0 Å². The van der Waals surface area contributed by atoms with Gasteiger partial charge in [-0.3, -0.25) is 4.79 Å². The van der Waals surface area contributed by atoms with Crippen molar-refractivity contribution < 1.29 is 9.53 Å². The van der Waals surface area contributed by atoms with Crippen molar-refractivity contribution >= 4 is 5.91 Å². The zero-order valence-electron chi connectivity index (χ0n) is 7.54. The summed E-state index contributed by atoms with van der Waals surface area (Å²) in [5.41, 5.74) is 5.69. The summed E-state index contributed by atoms with van der Waals surface area (Å²) in [7, 11) is 0. The topological polar surface area (TPSA) is 64.3 Å². The van der Waals surface area contributed by atoms with Crippen LogP contribution in [0.3, 0.4) is 0 Å². The first kappa shape index (κ1) is 9.48. The van der Waals surface area contributed by atoms with Crippen LogP contribution in [0.5, 0.6) is 0 Å². The van der Waals surface area contributed by atoms with Crippen LogP contribution < -0.4 is 11.1 Å². The van der Waals surface area contributed by atoms with Gasteiger partial charge in [-0.25, -0.2) is 0 Å². The maximum absolute atomic E-state index is 11.2. The molecule has 1 aliphatic heterocycles. The van der Waals surface area contributed by atoms with Gasteiger partial charge in [0.1, 0.15) is 0 Å². The molecule has 1 heterocycles. The van der Waals surface area contributed by atoms with Crippen molar-refractivity contribution in [2.45, 2.75) is 25.9 Å². The van der Waals surface area contributed by atoms with Crippen LogP contribution in [-0.2, 0) is 9.53 Å². The first-order valence-electron chi connectivity index (χ1n) is 4.25. The van der Waals surface area contributed by atoms with Crippen LogP contribution in [0, 0.1) is 5.92 Å². The number of hydrogen-bond donors (Lipinski definition) is 2. The Bertz CT molecular complexity index is 170. The van der Waals surface area contributed by atoms with Gasteiger partial charge in [0.25, 0.3) is 0 Å². The number of carbonyl (C=O) groups excluding carboxylic acids is 1. The molecule has 0 aromatic heterocycles. The molecule has 0 saturated carbocycles. The number of amides is 1. The van der Waals surface area contributed by atoms with Gasteiger partial charge in [0.2, 0.25) is 5.91 Å². The number of nitrogens with one attached hydrogen (secondary N) is 1. The van der Waals surface area contributed by atoms with E-state index in [0.29, 0.717) is 13.2 Å². The molecule has 0 spiro atoms. The maximum atomic E-state index is 11.2. The van der Waals surface area contributed by atoms with Crippen molar-refractivity contribution in [3.8, 4) is 0 Å². The van der Waals surface area contributed by atoms with E-state index in [9.17, 15) is 4.79 Å². The second-order valence-corrected chi connectivity index (χ2v) is 3.47. The fraction of sp³-hybridized carbons (Fsp3) is 0.875. The summed E-state index contributed by atoms with van der Waals surface area (Å²) in [5.74, 6) is 0.0544. The Morgan fingerprint density at radius 3 is 2.67 bits per heavy atom. The Kier molecular flexibility index (Phi) is 3.05. The highest BCUT2D eigenvalue weighted by Crippen LogP contribution is 2.04. The van der Waals surface area contributed by atoms with Gasteiger partial charge in [-0.05, 0) is 0 Å². The predicted molar refractivity (Wildman–Crippen MR) is 45.6 cm³/mol. The first-order valence-corrected chi connectivity index (χ1v) is 4.25. The Labute approximate surface area is 72.5 Å². The SMILES string of the molecule is CC(C)C(=O)NC1COCC1N. The van der Waals surface area contributed by atoms with Gasteiger partial charge in [-0.15, -0.1) is 0 Å². The average molecular weight is 172 g/mol. The van der Waals surface area contributed by atoms with E-state index in [0.717, 1.165) is 0 Å². The number of nitrogens with two attached hydrogens (primary N) is 1. The molecule has 3 N–H and O–H groups in total. The third kappa shape index (κ3) is 2.19. The zero-order valence-corrected chi connectivity index (χ0v) is 7.54. The second kappa shape index (κ2) is 3.87. The molecule has 1 fully saturated rings. The molecule has 1 rings (SSSR count). The highest BCUT2D eigenvalue weighted by atomic mass is 16.5. The molecule has 12 heavy (non-hydrogen) atoms. The van der Waals surface area contributed by atoms with E-state index in [1.165, 1.54) is 0 Å². The molecule has 4 heteroatoms. The van der Waals surface area contributed by atoms with Crippen molar-refractivity contribution in [2.24, 2.45) is 11.7 Å².